The van der Waals surface area contributed by atoms with Crippen LogP contribution < -0.4 is 5.32 Å². The molecule has 21 heavy (non-hydrogen) atoms. The van der Waals surface area contributed by atoms with E-state index in [1.165, 1.54) is 32.1 Å². The minimum atomic E-state index is -2.86. The minimum absolute atomic E-state index is 0.262. The summed E-state index contributed by atoms with van der Waals surface area (Å²) in [6.07, 6.45) is 8.81. The van der Waals surface area contributed by atoms with Crippen LogP contribution >= 0.6 is 0 Å². The van der Waals surface area contributed by atoms with Crippen LogP contribution in [0.5, 0.6) is 0 Å². The van der Waals surface area contributed by atoms with Crippen molar-refractivity contribution in [2.45, 2.75) is 70.4 Å². The molecule has 1 aliphatic heterocycles. The molecule has 1 saturated carbocycles. The quantitative estimate of drug-likeness (QED) is 0.816. The van der Waals surface area contributed by atoms with Crippen LogP contribution in [-0.2, 0) is 9.84 Å². The second-order valence-corrected chi connectivity index (χ2v) is 9.34. The molecule has 1 spiro atoms. The fraction of sp³-hybridized carbons (Fsp3) is 1.00. The SMILES string of the molecule is CCCC1CNC2(CCCCC2)CN1CCS(=O)(=O)CC. The van der Waals surface area contributed by atoms with Crippen LogP contribution in [0.25, 0.3) is 0 Å². The third-order valence-electron chi connectivity index (χ3n) is 5.30. The second-order valence-electron chi connectivity index (χ2n) is 6.87. The maximum Gasteiger partial charge on any atom is 0.151 e. The van der Waals surface area contributed by atoms with Crippen LogP contribution in [0.2, 0.25) is 0 Å². The second kappa shape index (κ2) is 7.42. The monoisotopic (exact) mass is 316 g/mol. The number of hydrogen-bond acceptors (Lipinski definition) is 4. The molecule has 0 amide bonds. The summed E-state index contributed by atoms with van der Waals surface area (Å²) < 4.78 is 23.7. The lowest BCUT2D eigenvalue weighted by molar-refractivity contribution is 0.0563. The van der Waals surface area contributed by atoms with Crippen molar-refractivity contribution in [2.75, 3.05) is 31.1 Å². The molecule has 0 aromatic carbocycles. The highest BCUT2D eigenvalue weighted by atomic mass is 32.2. The van der Waals surface area contributed by atoms with Gasteiger partial charge in [-0.25, -0.2) is 8.42 Å². The van der Waals surface area contributed by atoms with E-state index >= 15 is 0 Å². The summed E-state index contributed by atoms with van der Waals surface area (Å²) in [5.41, 5.74) is 0.262. The third-order valence-corrected chi connectivity index (χ3v) is 6.98. The van der Waals surface area contributed by atoms with Gasteiger partial charge >= 0.3 is 0 Å². The Hall–Kier alpha value is -0.130. The van der Waals surface area contributed by atoms with Gasteiger partial charge in [0.2, 0.25) is 0 Å². The van der Waals surface area contributed by atoms with E-state index in [0.717, 1.165) is 25.9 Å². The molecule has 1 saturated heterocycles. The van der Waals surface area contributed by atoms with Gasteiger partial charge in [-0.2, -0.15) is 0 Å². The lowest BCUT2D eigenvalue weighted by Crippen LogP contribution is -2.65. The average Bonchev–Trinajstić information content (AvgIpc) is 2.49. The molecule has 2 fully saturated rings. The summed E-state index contributed by atoms with van der Waals surface area (Å²) in [7, 11) is -2.86. The fourth-order valence-electron chi connectivity index (χ4n) is 3.88. The molecule has 1 atom stereocenters. The molecule has 0 aromatic heterocycles. The minimum Gasteiger partial charge on any atom is -0.308 e. The molecule has 1 unspecified atom stereocenters. The number of rotatable bonds is 6. The van der Waals surface area contributed by atoms with Crippen molar-refractivity contribution in [2.24, 2.45) is 0 Å². The van der Waals surface area contributed by atoms with Crippen molar-refractivity contribution in [3.63, 3.8) is 0 Å². The largest absolute Gasteiger partial charge is 0.308 e. The van der Waals surface area contributed by atoms with E-state index in [-0.39, 0.29) is 11.3 Å². The standard InChI is InChI=1S/C16H32N2O2S/c1-3-8-15-13-17-16(9-6-5-7-10-16)14-18(15)11-12-21(19,20)4-2/h15,17H,3-14H2,1-2H3. The normalized spacial score (nSPS) is 27.0. The van der Waals surface area contributed by atoms with E-state index in [9.17, 15) is 8.42 Å². The Morgan fingerprint density at radius 1 is 1.19 bits per heavy atom. The predicted octanol–water partition coefficient (Wildman–Crippen LogP) is 2.20. The fourth-order valence-corrected chi connectivity index (χ4v) is 4.68. The summed E-state index contributed by atoms with van der Waals surface area (Å²) >= 11 is 0. The average molecular weight is 317 g/mol. The maximum atomic E-state index is 11.8. The van der Waals surface area contributed by atoms with E-state index in [1.807, 2.05) is 0 Å². The first kappa shape index (κ1) is 17.2. The Morgan fingerprint density at radius 3 is 2.52 bits per heavy atom. The molecule has 0 bridgehead atoms. The maximum absolute atomic E-state index is 11.8. The van der Waals surface area contributed by atoms with Gasteiger partial charge in [0, 0.05) is 37.0 Å². The van der Waals surface area contributed by atoms with E-state index in [4.69, 9.17) is 0 Å². The van der Waals surface area contributed by atoms with E-state index in [1.54, 1.807) is 6.92 Å². The highest BCUT2D eigenvalue weighted by molar-refractivity contribution is 7.91. The lowest BCUT2D eigenvalue weighted by atomic mass is 9.79. The number of piperazine rings is 1. The number of hydrogen-bond donors (Lipinski definition) is 1. The number of nitrogens with one attached hydrogen (secondary N) is 1. The zero-order valence-corrected chi connectivity index (χ0v) is 14.6. The summed E-state index contributed by atoms with van der Waals surface area (Å²) in [5.74, 6) is 0.586. The summed E-state index contributed by atoms with van der Waals surface area (Å²) in [5, 5.41) is 3.82. The topological polar surface area (TPSA) is 49.4 Å². The van der Waals surface area contributed by atoms with Crippen LogP contribution in [0.15, 0.2) is 0 Å². The summed E-state index contributed by atoms with van der Waals surface area (Å²) in [4.78, 5) is 2.47. The highest BCUT2D eigenvalue weighted by Crippen LogP contribution is 2.32. The molecule has 1 heterocycles. The van der Waals surface area contributed by atoms with Crippen molar-refractivity contribution in [3.05, 3.63) is 0 Å². The number of nitrogens with zero attached hydrogens (tertiary/aromatic N) is 1. The Morgan fingerprint density at radius 2 is 1.90 bits per heavy atom. The van der Waals surface area contributed by atoms with Crippen LogP contribution in [0.1, 0.15) is 58.8 Å². The van der Waals surface area contributed by atoms with Gasteiger partial charge < -0.3 is 5.32 Å². The molecule has 0 aromatic rings. The van der Waals surface area contributed by atoms with Crippen LogP contribution in [0, 0.1) is 0 Å². The molecule has 2 aliphatic rings. The first-order valence-corrected chi connectivity index (χ1v) is 10.5. The number of sulfone groups is 1. The third kappa shape index (κ3) is 4.67. The molecule has 1 aliphatic carbocycles. The first-order valence-electron chi connectivity index (χ1n) is 8.70. The Labute approximate surface area is 130 Å². The van der Waals surface area contributed by atoms with E-state index in [2.05, 4.69) is 17.1 Å². The van der Waals surface area contributed by atoms with Gasteiger partial charge in [0.15, 0.2) is 9.84 Å². The zero-order valence-electron chi connectivity index (χ0n) is 13.7. The Bertz CT molecular complexity index is 416. The lowest BCUT2D eigenvalue weighted by Gasteiger charge is -2.50. The van der Waals surface area contributed by atoms with Gasteiger partial charge in [0.25, 0.3) is 0 Å². The molecular formula is C16H32N2O2S. The zero-order chi connectivity index (χ0) is 15.3. The van der Waals surface area contributed by atoms with E-state index < -0.39 is 9.84 Å². The van der Waals surface area contributed by atoms with Gasteiger partial charge in [-0.05, 0) is 19.3 Å². The van der Waals surface area contributed by atoms with Crippen molar-refractivity contribution < 1.29 is 8.42 Å². The van der Waals surface area contributed by atoms with Gasteiger partial charge in [0.1, 0.15) is 0 Å². The molecule has 4 nitrogen and oxygen atoms in total. The Balaban J connectivity index is 2.00. The summed E-state index contributed by atoms with van der Waals surface area (Å²) in [6.45, 7) is 6.74. The van der Waals surface area contributed by atoms with Crippen molar-refractivity contribution in [1.29, 1.82) is 0 Å². The molecular weight excluding hydrogens is 284 g/mol. The van der Waals surface area contributed by atoms with Crippen LogP contribution in [-0.4, -0.2) is 56.0 Å². The van der Waals surface area contributed by atoms with Crippen molar-refractivity contribution in [3.8, 4) is 0 Å². The van der Waals surface area contributed by atoms with E-state index in [0.29, 0.717) is 18.3 Å². The van der Waals surface area contributed by atoms with Gasteiger partial charge in [-0.3, -0.25) is 4.90 Å². The van der Waals surface area contributed by atoms with Gasteiger partial charge in [-0.1, -0.05) is 39.5 Å². The highest BCUT2D eigenvalue weighted by Gasteiger charge is 2.39. The molecule has 2 rings (SSSR count). The van der Waals surface area contributed by atoms with Crippen molar-refractivity contribution >= 4 is 9.84 Å². The predicted molar refractivity (Wildman–Crippen MR) is 88.4 cm³/mol. The summed E-state index contributed by atoms with van der Waals surface area (Å²) in [6, 6.07) is 0.509. The van der Waals surface area contributed by atoms with Crippen LogP contribution in [0.3, 0.4) is 0 Å². The van der Waals surface area contributed by atoms with Crippen molar-refractivity contribution in [1.82, 2.24) is 10.2 Å². The Kier molecular flexibility index (Phi) is 6.09. The van der Waals surface area contributed by atoms with Crippen LogP contribution in [0.4, 0.5) is 0 Å². The molecule has 1 N–H and O–H groups in total. The first-order chi connectivity index (χ1) is 10.0. The molecule has 0 radical (unpaired) electrons. The smallest absolute Gasteiger partial charge is 0.151 e. The molecule has 5 heteroatoms. The van der Waals surface area contributed by atoms with Gasteiger partial charge in [0.05, 0.1) is 5.75 Å². The molecule has 124 valence electrons. The van der Waals surface area contributed by atoms with Gasteiger partial charge in [-0.15, -0.1) is 0 Å².